The highest BCUT2D eigenvalue weighted by molar-refractivity contribution is 7.11. The number of carboxylic acids is 1. The fourth-order valence-electron chi connectivity index (χ4n) is 1.40. The van der Waals surface area contributed by atoms with Crippen molar-refractivity contribution in [3.63, 3.8) is 0 Å². The molecule has 0 spiro atoms. The van der Waals surface area contributed by atoms with Crippen LogP contribution < -0.4 is 0 Å². The largest absolute Gasteiger partial charge is 0.476 e. The smallest absolute Gasteiger partial charge is 0.355 e. The number of aromatic carboxylic acids is 1. The zero-order chi connectivity index (χ0) is 11.6. The lowest BCUT2D eigenvalue weighted by Gasteiger charge is -2.15. The van der Waals surface area contributed by atoms with Crippen LogP contribution in [0.3, 0.4) is 0 Å². The third kappa shape index (κ3) is 2.54. The van der Waals surface area contributed by atoms with Gasteiger partial charge >= 0.3 is 5.97 Å². The van der Waals surface area contributed by atoms with E-state index >= 15 is 0 Å². The fourth-order valence-corrected chi connectivity index (χ4v) is 2.56. The van der Waals surface area contributed by atoms with Crippen molar-refractivity contribution in [2.24, 2.45) is 5.92 Å². The summed E-state index contributed by atoms with van der Waals surface area (Å²) in [7, 11) is 1.61. The zero-order valence-corrected chi connectivity index (χ0v) is 10.1. The number of nitrogens with zero attached hydrogens (tertiary/aromatic N) is 1. The molecule has 84 valence electrons. The van der Waals surface area contributed by atoms with Gasteiger partial charge in [0, 0.05) is 12.0 Å². The Labute approximate surface area is 92.9 Å². The normalized spacial score (nSPS) is 13.1. The monoisotopic (exact) mass is 229 g/mol. The Balaban J connectivity index is 3.05. The molecule has 1 aromatic rings. The van der Waals surface area contributed by atoms with Gasteiger partial charge in [-0.3, -0.25) is 0 Å². The van der Waals surface area contributed by atoms with Crippen molar-refractivity contribution in [3.8, 4) is 0 Å². The summed E-state index contributed by atoms with van der Waals surface area (Å²) < 4.78 is 5.30. The predicted molar refractivity (Wildman–Crippen MR) is 58.4 cm³/mol. The van der Waals surface area contributed by atoms with Crippen LogP contribution in [0, 0.1) is 12.8 Å². The first-order valence-corrected chi connectivity index (χ1v) is 5.52. The van der Waals surface area contributed by atoms with Crippen LogP contribution in [0.4, 0.5) is 0 Å². The SMILES string of the molecule is COC(c1nc(C(=O)O)c(C)s1)C(C)C. The van der Waals surface area contributed by atoms with E-state index in [1.54, 1.807) is 14.0 Å². The molecule has 0 bridgehead atoms. The molecular weight excluding hydrogens is 214 g/mol. The number of ether oxygens (including phenoxy) is 1. The lowest BCUT2D eigenvalue weighted by Crippen LogP contribution is -2.09. The summed E-state index contributed by atoms with van der Waals surface area (Å²) in [6.45, 7) is 5.80. The van der Waals surface area contributed by atoms with Gasteiger partial charge in [-0.15, -0.1) is 11.3 Å². The Morgan fingerprint density at radius 2 is 2.13 bits per heavy atom. The maximum absolute atomic E-state index is 10.8. The third-order valence-corrected chi connectivity index (χ3v) is 3.15. The van der Waals surface area contributed by atoms with Crippen LogP contribution in [0.5, 0.6) is 0 Å². The maximum atomic E-state index is 10.8. The molecule has 1 unspecified atom stereocenters. The van der Waals surface area contributed by atoms with Gasteiger partial charge < -0.3 is 9.84 Å². The van der Waals surface area contributed by atoms with Crippen LogP contribution in [0.2, 0.25) is 0 Å². The molecule has 1 aromatic heterocycles. The van der Waals surface area contributed by atoms with Crippen LogP contribution in [-0.2, 0) is 4.74 Å². The van der Waals surface area contributed by atoms with Gasteiger partial charge in [-0.2, -0.15) is 0 Å². The number of carboxylic acid groups (broad SMARTS) is 1. The number of thiazole rings is 1. The van der Waals surface area contributed by atoms with Crippen LogP contribution in [0.25, 0.3) is 0 Å². The van der Waals surface area contributed by atoms with Gasteiger partial charge in [0.05, 0.1) is 0 Å². The summed E-state index contributed by atoms with van der Waals surface area (Å²) in [5.74, 6) is -0.698. The van der Waals surface area contributed by atoms with Gasteiger partial charge in [-0.1, -0.05) is 13.8 Å². The standard InChI is InChI=1S/C10H15NO3S/c1-5(2)8(14-4)9-11-7(10(12)13)6(3)15-9/h5,8H,1-4H3,(H,12,13). The first kappa shape index (κ1) is 12.1. The minimum atomic E-state index is -0.978. The van der Waals surface area contributed by atoms with E-state index in [9.17, 15) is 4.79 Å². The highest BCUT2D eigenvalue weighted by Gasteiger charge is 2.22. The summed E-state index contributed by atoms with van der Waals surface area (Å²) in [4.78, 5) is 15.6. The van der Waals surface area contributed by atoms with Crippen LogP contribution in [-0.4, -0.2) is 23.2 Å². The second-order valence-electron chi connectivity index (χ2n) is 3.66. The van der Waals surface area contributed by atoms with E-state index in [4.69, 9.17) is 9.84 Å². The highest BCUT2D eigenvalue weighted by atomic mass is 32.1. The molecule has 0 aromatic carbocycles. The van der Waals surface area contributed by atoms with Gasteiger partial charge in [-0.05, 0) is 12.8 Å². The molecule has 5 heteroatoms. The molecule has 0 radical (unpaired) electrons. The maximum Gasteiger partial charge on any atom is 0.355 e. The van der Waals surface area contributed by atoms with Gasteiger partial charge in [0.2, 0.25) is 0 Å². The van der Waals surface area contributed by atoms with Crippen molar-refractivity contribution in [1.82, 2.24) is 4.98 Å². The molecule has 15 heavy (non-hydrogen) atoms. The molecule has 1 atom stereocenters. The average Bonchev–Trinajstić information content (AvgIpc) is 2.48. The Morgan fingerprint density at radius 1 is 1.53 bits per heavy atom. The number of hydrogen-bond acceptors (Lipinski definition) is 4. The third-order valence-electron chi connectivity index (χ3n) is 2.12. The first-order chi connectivity index (χ1) is 6.97. The molecule has 0 saturated carbocycles. The molecule has 0 aliphatic rings. The number of methoxy groups -OCH3 is 1. The molecule has 0 aliphatic heterocycles. The van der Waals surface area contributed by atoms with Crippen molar-refractivity contribution in [2.45, 2.75) is 26.9 Å². The summed E-state index contributed by atoms with van der Waals surface area (Å²) >= 11 is 1.39. The second-order valence-corrected chi connectivity index (χ2v) is 4.90. The van der Waals surface area contributed by atoms with Crippen molar-refractivity contribution in [1.29, 1.82) is 0 Å². The van der Waals surface area contributed by atoms with Gasteiger partial charge in [0.25, 0.3) is 0 Å². The predicted octanol–water partition coefficient (Wildman–Crippen LogP) is 2.49. The molecule has 0 fully saturated rings. The molecule has 1 rings (SSSR count). The lowest BCUT2D eigenvalue weighted by molar-refractivity contribution is 0.0629. The van der Waals surface area contributed by atoms with E-state index in [0.29, 0.717) is 0 Å². The minimum Gasteiger partial charge on any atom is -0.476 e. The van der Waals surface area contributed by atoms with E-state index in [0.717, 1.165) is 9.88 Å². The topological polar surface area (TPSA) is 59.4 Å². The number of rotatable bonds is 4. The minimum absolute atomic E-state index is 0.123. The van der Waals surface area contributed by atoms with Crippen LogP contribution >= 0.6 is 11.3 Å². The van der Waals surface area contributed by atoms with Crippen LogP contribution in [0.15, 0.2) is 0 Å². The fraction of sp³-hybridized carbons (Fsp3) is 0.600. The second kappa shape index (κ2) is 4.72. The van der Waals surface area contributed by atoms with Crippen molar-refractivity contribution < 1.29 is 14.6 Å². The van der Waals surface area contributed by atoms with E-state index in [-0.39, 0.29) is 17.7 Å². The summed E-state index contributed by atoms with van der Waals surface area (Å²) in [6.07, 6.45) is -0.123. The molecule has 4 nitrogen and oxygen atoms in total. The van der Waals surface area contributed by atoms with E-state index in [1.807, 2.05) is 13.8 Å². The number of aryl methyl sites for hydroxylation is 1. The summed E-state index contributed by atoms with van der Waals surface area (Å²) in [5.41, 5.74) is 0.137. The van der Waals surface area contributed by atoms with Gasteiger partial charge in [-0.25, -0.2) is 9.78 Å². The molecule has 1 heterocycles. The van der Waals surface area contributed by atoms with E-state index in [2.05, 4.69) is 4.98 Å². The zero-order valence-electron chi connectivity index (χ0n) is 9.27. The number of aromatic nitrogens is 1. The molecule has 0 aliphatic carbocycles. The quantitative estimate of drug-likeness (QED) is 0.861. The Bertz CT molecular complexity index is 360. The Hall–Kier alpha value is -0.940. The van der Waals surface area contributed by atoms with Crippen molar-refractivity contribution in [3.05, 3.63) is 15.6 Å². The van der Waals surface area contributed by atoms with E-state index in [1.165, 1.54) is 11.3 Å². The summed E-state index contributed by atoms with van der Waals surface area (Å²) in [6, 6.07) is 0. The first-order valence-electron chi connectivity index (χ1n) is 4.70. The molecular formula is C10H15NO3S. The number of hydrogen-bond donors (Lipinski definition) is 1. The van der Waals surface area contributed by atoms with Crippen LogP contribution in [0.1, 0.15) is 40.3 Å². The molecule has 1 N–H and O–H groups in total. The molecule has 0 saturated heterocycles. The average molecular weight is 229 g/mol. The Morgan fingerprint density at radius 3 is 2.47 bits per heavy atom. The summed E-state index contributed by atoms with van der Waals surface area (Å²) in [5, 5.41) is 9.61. The van der Waals surface area contributed by atoms with Crippen molar-refractivity contribution in [2.75, 3.05) is 7.11 Å². The molecule has 0 amide bonds. The number of carbonyl (C=O) groups is 1. The van der Waals surface area contributed by atoms with E-state index < -0.39 is 5.97 Å². The van der Waals surface area contributed by atoms with Crippen molar-refractivity contribution >= 4 is 17.3 Å². The van der Waals surface area contributed by atoms with Gasteiger partial charge in [0.15, 0.2) is 5.69 Å². The lowest BCUT2D eigenvalue weighted by atomic mass is 10.1. The van der Waals surface area contributed by atoms with Gasteiger partial charge in [0.1, 0.15) is 11.1 Å². The highest BCUT2D eigenvalue weighted by Crippen LogP contribution is 2.30. The Kier molecular flexibility index (Phi) is 3.82.